The summed E-state index contributed by atoms with van der Waals surface area (Å²) in [5.74, 6) is 0. The van der Waals surface area contributed by atoms with Crippen LogP contribution in [-0.2, 0) is 6.42 Å². The van der Waals surface area contributed by atoms with Gasteiger partial charge in [-0.3, -0.25) is 0 Å². The summed E-state index contributed by atoms with van der Waals surface area (Å²) in [6, 6.07) is 4.94. The maximum absolute atomic E-state index is 3.58. The Bertz CT molecular complexity index is 332. The first-order chi connectivity index (χ1) is 7.34. The van der Waals surface area contributed by atoms with Crippen LogP contribution in [0.25, 0.3) is 0 Å². The second kappa shape index (κ2) is 5.83. The van der Waals surface area contributed by atoms with Crippen molar-refractivity contribution in [2.45, 2.75) is 31.7 Å². The topological polar surface area (TPSA) is 12.0 Å². The largest absolute Gasteiger partial charge is 0.310 e. The zero-order chi connectivity index (χ0) is 10.5. The van der Waals surface area contributed by atoms with Gasteiger partial charge in [0.05, 0.1) is 3.79 Å². The summed E-state index contributed by atoms with van der Waals surface area (Å²) in [4.78, 5) is 1.45. The van der Waals surface area contributed by atoms with Crippen LogP contribution in [0.4, 0.5) is 0 Å². The average Bonchev–Trinajstić information content (AvgIpc) is 2.66. The Morgan fingerprint density at radius 2 is 2.40 bits per heavy atom. The van der Waals surface area contributed by atoms with Crippen molar-refractivity contribution in [3.8, 4) is 0 Å². The fraction of sp³-hybridized carbons (Fsp3) is 0.500. The van der Waals surface area contributed by atoms with Crippen LogP contribution >= 0.6 is 27.3 Å². The Balaban J connectivity index is 1.70. The molecule has 0 amide bonds. The summed E-state index contributed by atoms with van der Waals surface area (Å²) in [5, 5.41) is 3.58. The van der Waals surface area contributed by atoms with Gasteiger partial charge in [-0.2, -0.15) is 0 Å². The van der Waals surface area contributed by atoms with Gasteiger partial charge in [0.25, 0.3) is 0 Å². The number of rotatable bonds is 4. The van der Waals surface area contributed by atoms with Gasteiger partial charge in [0.1, 0.15) is 0 Å². The van der Waals surface area contributed by atoms with Gasteiger partial charge >= 0.3 is 0 Å². The molecular weight excluding hydrogens is 270 g/mol. The highest BCUT2D eigenvalue weighted by molar-refractivity contribution is 9.11. The summed E-state index contributed by atoms with van der Waals surface area (Å²) in [6.07, 6.45) is 9.64. The molecule has 0 saturated heterocycles. The summed E-state index contributed by atoms with van der Waals surface area (Å²) < 4.78 is 1.23. The van der Waals surface area contributed by atoms with Gasteiger partial charge in [-0.05, 0) is 53.7 Å². The second-order valence-corrected chi connectivity index (χ2v) is 6.42. The van der Waals surface area contributed by atoms with Crippen LogP contribution in [0.15, 0.2) is 28.1 Å². The number of allylic oxidation sites excluding steroid dienone is 1. The predicted octanol–water partition coefficient (Wildman–Crippen LogP) is 3.75. The lowest BCUT2D eigenvalue weighted by atomic mass is 10.0. The smallest absolute Gasteiger partial charge is 0.0701 e. The normalized spacial score (nSPS) is 20.7. The molecule has 0 spiro atoms. The van der Waals surface area contributed by atoms with Gasteiger partial charge in [0.2, 0.25) is 0 Å². The van der Waals surface area contributed by atoms with E-state index in [0.717, 1.165) is 13.0 Å². The van der Waals surface area contributed by atoms with Crippen molar-refractivity contribution in [2.24, 2.45) is 0 Å². The van der Waals surface area contributed by atoms with E-state index in [0.29, 0.717) is 6.04 Å². The first kappa shape index (κ1) is 11.4. The van der Waals surface area contributed by atoms with E-state index in [1.54, 1.807) is 0 Å². The molecule has 82 valence electrons. The van der Waals surface area contributed by atoms with Crippen molar-refractivity contribution in [1.29, 1.82) is 0 Å². The van der Waals surface area contributed by atoms with Crippen LogP contribution in [0.2, 0.25) is 0 Å². The maximum atomic E-state index is 3.58. The van der Waals surface area contributed by atoms with Crippen LogP contribution < -0.4 is 5.32 Å². The molecule has 1 aliphatic carbocycles. The van der Waals surface area contributed by atoms with Crippen LogP contribution in [0.1, 0.15) is 24.1 Å². The molecule has 0 bridgehead atoms. The molecule has 1 N–H and O–H groups in total. The lowest BCUT2D eigenvalue weighted by Crippen LogP contribution is -2.30. The lowest BCUT2D eigenvalue weighted by Gasteiger charge is -2.17. The standard InChI is InChI=1S/C12H16BrNS/c13-12-7-6-11(15-12)8-9-14-10-4-2-1-3-5-10/h2,4,6-7,10,14H,1,3,5,8-9H2. The molecular formula is C12H16BrNS. The molecule has 0 saturated carbocycles. The highest BCUT2D eigenvalue weighted by atomic mass is 79.9. The van der Waals surface area contributed by atoms with E-state index in [9.17, 15) is 0 Å². The van der Waals surface area contributed by atoms with Crippen molar-refractivity contribution in [1.82, 2.24) is 5.32 Å². The molecule has 2 rings (SSSR count). The highest BCUT2D eigenvalue weighted by Crippen LogP contribution is 2.22. The number of hydrogen-bond acceptors (Lipinski definition) is 2. The number of halogens is 1. The van der Waals surface area contributed by atoms with E-state index in [4.69, 9.17) is 0 Å². The van der Waals surface area contributed by atoms with E-state index in [1.807, 2.05) is 11.3 Å². The molecule has 1 nitrogen and oxygen atoms in total. The van der Waals surface area contributed by atoms with Crippen molar-refractivity contribution >= 4 is 27.3 Å². The first-order valence-electron chi connectivity index (χ1n) is 5.49. The SMILES string of the molecule is Brc1ccc(CCNC2C=CCCC2)s1. The minimum absolute atomic E-state index is 0.613. The fourth-order valence-electron chi connectivity index (χ4n) is 1.85. The Morgan fingerprint density at radius 3 is 3.07 bits per heavy atom. The Kier molecular flexibility index (Phi) is 4.42. The lowest BCUT2D eigenvalue weighted by molar-refractivity contribution is 0.526. The van der Waals surface area contributed by atoms with Gasteiger partial charge in [0, 0.05) is 17.5 Å². The molecule has 1 aromatic rings. The molecule has 0 aromatic carbocycles. The van der Waals surface area contributed by atoms with E-state index >= 15 is 0 Å². The molecule has 0 aliphatic heterocycles. The third kappa shape index (κ3) is 3.74. The molecule has 0 radical (unpaired) electrons. The fourth-order valence-corrected chi connectivity index (χ4v) is 3.33. The summed E-state index contributed by atoms with van der Waals surface area (Å²) in [7, 11) is 0. The quantitative estimate of drug-likeness (QED) is 0.831. The molecule has 1 atom stereocenters. The molecule has 1 heterocycles. The van der Waals surface area contributed by atoms with Crippen molar-refractivity contribution in [3.63, 3.8) is 0 Å². The summed E-state index contributed by atoms with van der Waals surface area (Å²) in [5.41, 5.74) is 0. The van der Waals surface area contributed by atoms with E-state index in [1.165, 1.54) is 27.9 Å². The predicted molar refractivity (Wildman–Crippen MR) is 70.5 cm³/mol. The monoisotopic (exact) mass is 285 g/mol. The third-order valence-electron chi connectivity index (χ3n) is 2.66. The van der Waals surface area contributed by atoms with Gasteiger partial charge in [-0.15, -0.1) is 11.3 Å². The van der Waals surface area contributed by atoms with Crippen molar-refractivity contribution in [3.05, 3.63) is 32.9 Å². The van der Waals surface area contributed by atoms with E-state index in [-0.39, 0.29) is 0 Å². The third-order valence-corrected chi connectivity index (χ3v) is 4.34. The maximum Gasteiger partial charge on any atom is 0.0701 e. The van der Waals surface area contributed by atoms with Crippen LogP contribution in [0.5, 0.6) is 0 Å². The first-order valence-corrected chi connectivity index (χ1v) is 7.10. The Hall–Kier alpha value is -0.120. The second-order valence-electron chi connectivity index (χ2n) is 3.88. The summed E-state index contributed by atoms with van der Waals surface area (Å²) >= 11 is 5.32. The number of nitrogens with one attached hydrogen (secondary N) is 1. The van der Waals surface area contributed by atoms with Crippen LogP contribution in [-0.4, -0.2) is 12.6 Å². The molecule has 1 unspecified atom stereocenters. The van der Waals surface area contributed by atoms with Gasteiger partial charge < -0.3 is 5.32 Å². The average molecular weight is 286 g/mol. The highest BCUT2D eigenvalue weighted by Gasteiger charge is 2.06. The Morgan fingerprint density at radius 1 is 1.47 bits per heavy atom. The molecule has 15 heavy (non-hydrogen) atoms. The van der Waals surface area contributed by atoms with E-state index < -0.39 is 0 Å². The number of hydrogen-bond donors (Lipinski definition) is 1. The number of thiophene rings is 1. The molecule has 1 aliphatic rings. The summed E-state index contributed by atoms with van der Waals surface area (Å²) in [6.45, 7) is 1.09. The van der Waals surface area contributed by atoms with Gasteiger partial charge in [0.15, 0.2) is 0 Å². The van der Waals surface area contributed by atoms with Crippen molar-refractivity contribution < 1.29 is 0 Å². The molecule has 1 aromatic heterocycles. The Labute approximate surface area is 104 Å². The van der Waals surface area contributed by atoms with E-state index in [2.05, 4.69) is 45.5 Å². The molecule has 3 heteroatoms. The molecule has 0 fully saturated rings. The zero-order valence-corrected chi connectivity index (χ0v) is 11.1. The van der Waals surface area contributed by atoms with Gasteiger partial charge in [-0.25, -0.2) is 0 Å². The van der Waals surface area contributed by atoms with Crippen LogP contribution in [0.3, 0.4) is 0 Å². The minimum atomic E-state index is 0.613. The van der Waals surface area contributed by atoms with Crippen molar-refractivity contribution in [2.75, 3.05) is 6.54 Å². The minimum Gasteiger partial charge on any atom is -0.310 e. The van der Waals surface area contributed by atoms with Crippen LogP contribution in [0, 0.1) is 0 Å². The zero-order valence-electron chi connectivity index (χ0n) is 8.71. The van der Waals surface area contributed by atoms with Gasteiger partial charge in [-0.1, -0.05) is 12.2 Å².